The van der Waals surface area contributed by atoms with Gasteiger partial charge in [-0.3, -0.25) is 9.89 Å². The Kier molecular flexibility index (Phi) is 9.14. The number of guanidine groups is 1. The smallest absolute Gasteiger partial charge is 0.191 e. The van der Waals surface area contributed by atoms with E-state index in [1.165, 1.54) is 11.1 Å². The van der Waals surface area contributed by atoms with Crippen molar-refractivity contribution in [3.63, 3.8) is 0 Å². The van der Waals surface area contributed by atoms with Crippen molar-refractivity contribution in [3.05, 3.63) is 59.5 Å². The van der Waals surface area contributed by atoms with Gasteiger partial charge in [0, 0.05) is 45.7 Å². The van der Waals surface area contributed by atoms with Gasteiger partial charge in [0.05, 0.1) is 6.26 Å². The van der Waals surface area contributed by atoms with Crippen molar-refractivity contribution in [2.75, 3.05) is 26.7 Å². The lowest BCUT2D eigenvalue weighted by Crippen LogP contribution is -2.48. The number of aliphatic imine (C=N–C) groups is 1. The number of furan rings is 1. The summed E-state index contributed by atoms with van der Waals surface area (Å²) in [4.78, 5) is 6.93. The molecule has 3 rings (SSSR count). The van der Waals surface area contributed by atoms with E-state index in [2.05, 4.69) is 51.7 Å². The highest BCUT2D eigenvalue weighted by Crippen LogP contribution is 2.21. The van der Waals surface area contributed by atoms with Crippen LogP contribution in [-0.2, 0) is 19.4 Å². The number of benzene rings is 1. The molecule has 2 aromatic rings. The Balaban J connectivity index is 0.00000261. The lowest BCUT2D eigenvalue weighted by Gasteiger charge is -2.35. The molecule has 1 atom stereocenters. The van der Waals surface area contributed by atoms with E-state index in [4.69, 9.17) is 4.42 Å². The van der Waals surface area contributed by atoms with Gasteiger partial charge in [-0.25, -0.2) is 0 Å². The monoisotopic (exact) mass is 482 g/mol. The Morgan fingerprint density at radius 3 is 2.70 bits per heavy atom. The van der Waals surface area contributed by atoms with Crippen LogP contribution in [-0.4, -0.2) is 43.6 Å². The van der Waals surface area contributed by atoms with Gasteiger partial charge in [-0.1, -0.05) is 31.2 Å². The summed E-state index contributed by atoms with van der Waals surface area (Å²) in [6.45, 7) is 6.14. The van der Waals surface area contributed by atoms with Crippen molar-refractivity contribution in [3.8, 4) is 0 Å². The van der Waals surface area contributed by atoms with Crippen LogP contribution < -0.4 is 10.6 Å². The third-order valence-electron chi connectivity index (χ3n) is 5.12. The number of rotatable bonds is 7. The minimum Gasteiger partial charge on any atom is -0.469 e. The Hall–Kier alpha value is -1.54. The van der Waals surface area contributed by atoms with Gasteiger partial charge in [-0.05, 0) is 36.1 Å². The number of nitrogens with one attached hydrogen (secondary N) is 2. The van der Waals surface area contributed by atoms with Crippen LogP contribution in [0, 0.1) is 0 Å². The first-order valence-electron chi connectivity index (χ1n) is 9.58. The lowest BCUT2D eigenvalue weighted by molar-refractivity contribution is 0.174. The number of hydrogen-bond donors (Lipinski definition) is 2. The maximum absolute atomic E-state index is 5.37. The van der Waals surface area contributed by atoms with E-state index < -0.39 is 0 Å². The average molecular weight is 482 g/mol. The quantitative estimate of drug-likeness (QED) is 0.361. The molecule has 0 bridgehead atoms. The maximum atomic E-state index is 5.37. The second kappa shape index (κ2) is 11.3. The average Bonchev–Trinajstić information content (AvgIpc) is 3.20. The summed E-state index contributed by atoms with van der Waals surface area (Å²) in [7, 11) is 1.82. The molecular weight excluding hydrogens is 451 g/mol. The van der Waals surface area contributed by atoms with Gasteiger partial charge in [0.25, 0.3) is 0 Å². The molecule has 0 radical (unpaired) electrons. The predicted molar refractivity (Wildman–Crippen MR) is 122 cm³/mol. The molecule has 1 unspecified atom stereocenters. The van der Waals surface area contributed by atoms with Gasteiger partial charge in [-0.2, -0.15) is 0 Å². The van der Waals surface area contributed by atoms with Crippen molar-refractivity contribution in [1.29, 1.82) is 0 Å². The normalized spacial score (nSPS) is 15.6. The zero-order chi connectivity index (χ0) is 18.2. The van der Waals surface area contributed by atoms with E-state index in [-0.39, 0.29) is 24.0 Å². The van der Waals surface area contributed by atoms with Crippen molar-refractivity contribution in [2.45, 2.75) is 38.8 Å². The van der Waals surface area contributed by atoms with Crippen LogP contribution >= 0.6 is 24.0 Å². The maximum Gasteiger partial charge on any atom is 0.191 e. The Morgan fingerprint density at radius 2 is 2.00 bits per heavy atom. The van der Waals surface area contributed by atoms with Crippen molar-refractivity contribution in [2.24, 2.45) is 4.99 Å². The van der Waals surface area contributed by atoms with Crippen LogP contribution in [0.15, 0.2) is 52.1 Å². The third kappa shape index (κ3) is 6.24. The summed E-state index contributed by atoms with van der Waals surface area (Å²) in [5, 5.41) is 6.85. The number of fused-ring (bicyclic) bond motifs is 1. The summed E-state index contributed by atoms with van der Waals surface area (Å²) in [6, 6.07) is 13.2. The molecule has 1 aromatic heterocycles. The van der Waals surface area contributed by atoms with Crippen LogP contribution in [0.4, 0.5) is 0 Å². The van der Waals surface area contributed by atoms with Crippen molar-refractivity contribution in [1.82, 2.24) is 15.5 Å². The molecule has 0 spiro atoms. The van der Waals surface area contributed by atoms with Crippen LogP contribution in [0.25, 0.3) is 0 Å². The summed E-state index contributed by atoms with van der Waals surface area (Å²) in [6.07, 6.45) is 4.83. The van der Waals surface area contributed by atoms with E-state index in [9.17, 15) is 0 Å². The molecule has 0 saturated heterocycles. The Bertz CT molecular complexity index is 702. The van der Waals surface area contributed by atoms with E-state index in [1.807, 2.05) is 19.2 Å². The predicted octanol–water partition coefficient (Wildman–Crippen LogP) is 3.44. The number of nitrogens with zero attached hydrogens (tertiary/aromatic N) is 2. The molecular formula is C21H31IN4O. The van der Waals surface area contributed by atoms with Gasteiger partial charge >= 0.3 is 0 Å². The van der Waals surface area contributed by atoms with Crippen LogP contribution in [0.3, 0.4) is 0 Å². The minimum atomic E-state index is 0. The topological polar surface area (TPSA) is 52.8 Å². The molecule has 0 amide bonds. The Morgan fingerprint density at radius 1 is 1.19 bits per heavy atom. The minimum absolute atomic E-state index is 0. The van der Waals surface area contributed by atoms with Crippen molar-refractivity contribution >= 4 is 29.9 Å². The highest BCUT2D eigenvalue weighted by molar-refractivity contribution is 14.0. The SMILES string of the molecule is CCC(CNC(=NC)NCCc1ccco1)N1CCc2ccccc2C1.I. The van der Waals surface area contributed by atoms with Gasteiger partial charge < -0.3 is 15.1 Å². The van der Waals surface area contributed by atoms with Crippen molar-refractivity contribution < 1.29 is 4.42 Å². The summed E-state index contributed by atoms with van der Waals surface area (Å²) >= 11 is 0. The highest BCUT2D eigenvalue weighted by atomic mass is 127. The summed E-state index contributed by atoms with van der Waals surface area (Å²) < 4.78 is 5.37. The standard InChI is InChI=1S/C21H30N4O.HI/c1-3-19(25-13-11-17-7-4-5-8-18(17)16-25)15-24-21(22-2)23-12-10-20-9-6-14-26-20;/h4-9,14,19H,3,10-13,15-16H2,1-2H3,(H2,22,23,24);1H. The van der Waals surface area contributed by atoms with Gasteiger partial charge in [0.1, 0.15) is 5.76 Å². The zero-order valence-corrected chi connectivity index (χ0v) is 18.6. The molecule has 0 aliphatic carbocycles. The summed E-state index contributed by atoms with van der Waals surface area (Å²) in [5.74, 6) is 1.85. The third-order valence-corrected chi connectivity index (χ3v) is 5.12. The van der Waals surface area contributed by atoms with Gasteiger partial charge in [-0.15, -0.1) is 24.0 Å². The van der Waals surface area contributed by atoms with Gasteiger partial charge in [0.15, 0.2) is 5.96 Å². The van der Waals surface area contributed by atoms with E-state index >= 15 is 0 Å². The molecule has 0 fully saturated rings. The second-order valence-corrected chi connectivity index (χ2v) is 6.76. The van der Waals surface area contributed by atoms with Crippen LogP contribution in [0.5, 0.6) is 0 Å². The summed E-state index contributed by atoms with van der Waals surface area (Å²) in [5.41, 5.74) is 2.97. The first-order valence-corrected chi connectivity index (χ1v) is 9.58. The van der Waals surface area contributed by atoms with Crippen LogP contribution in [0.2, 0.25) is 0 Å². The fourth-order valence-corrected chi connectivity index (χ4v) is 3.55. The highest BCUT2D eigenvalue weighted by Gasteiger charge is 2.22. The molecule has 2 heterocycles. The van der Waals surface area contributed by atoms with E-state index in [1.54, 1.807) is 6.26 Å². The van der Waals surface area contributed by atoms with E-state index in [0.717, 1.165) is 57.2 Å². The molecule has 5 nitrogen and oxygen atoms in total. The molecule has 1 aromatic carbocycles. The van der Waals surface area contributed by atoms with E-state index in [0.29, 0.717) is 6.04 Å². The molecule has 148 valence electrons. The molecule has 1 aliphatic heterocycles. The molecule has 1 aliphatic rings. The fourth-order valence-electron chi connectivity index (χ4n) is 3.55. The largest absolute Gasteiger partial charge is 0.469 e. The fraction of sp³-hybridized carbons (Fsp3) is 0.476. The van der Waals surface area contributed by atoms with Gasteiger partial charge in [0.2, 0.25) is 0 Å². The number of hydrogen-bond acceptors (Lipinski definition) is 3. The molecule has 27 heavy (non-hydrogen) atoms. The molecule has 0 saturated carbocycles. The second-order valence-electron chi connectivity index (χ2n) is 6.76. The first-order chi connectivity index (χ1) is 12.8. The first kappa shape index (κ1) is 21.8. The zero-order valence-electron chi connectivity index (χ0n) is 16.3. The van der Waals surface area contributed by atoms with Crippen LogP contribution in [0.1, 0.15) is 30.2 Å². The lowest BCUT2D eigenvalue weighted by atomic mass is 9.98. The molecule has 2 N–H and O–H groups in total. The number of halogens is 1. The molecule has 6 heteroatoms. The Labute approximate surface area is 179 Å².